The van der Waals surface area contributed by atoms with E-state index in [0.717, 1.165) is 0 Å². The highest BCUT2D eigenvalue weighted by atomic mass is 16.7. The Morgan fingerprint density at radius 2 is 1.75 bits per heavy atom. The van der Waals surface area contributed by atoms with Gasteiger partial charge in [-0.15, -0.1) is 5.06 Å². The maximum absolute atomic E-state index is 12.8. The number of ether oxygens (including phenoxy) is 1. The van der Waals surface area contributed by atoms with Crippen molar-refractivity contribution in [3.05, 3.63) is 35.9 Å². The van der Waals surface area contributed by atoms with Crippen LogP contribution in [0.25, 0.3) is 0 Å². The van der Waals surface area contributed by atoms with Gasteiger partial charge < -0.3 is 19.4 Å². The minimum Gasteiger partial charge on any atom is -0.444 e. The standard InChI is InChI=1S/C20H27N3O5/c1-14-17(24)22-11-10-21(19(26)27-20(2,3)4)12-16(22)13-23(14)28-18(25)15-8-6-5-7-9-15/h5-9,14,16H,10-13H2,1-4H3/t14-,16-/m0/s1. The highest BCUT2D eigenvalue weighted by Crippen LogP contribution is 2.23. The molecule has 2 amide bonds. The highest BCUT2D eigenvalue weighted by molar-refractivity contribution is 5.89. The fourth-order valence-electron chi connectivity index (χ4n) is 3.37. The van der Waals surface area contributed by atoms with Crippen LogP contribution in [0.5, 0.6) is 0 Å². The van der Waals surface area contributed by atoms with Crippen LogP contribution in [0.4, 0.5) is 4.79 Å². The number of hydroxylamine groups is 2. The van der Waals surface area contributed by atoms with Gasteiger partial charge in [-0.2, -0.15) is 0 Å². The van der Waals surface area contributed by atoms with Crippen molar-refractivity contribution >= 4 is 18.0 Å². The van der Waals surface area contributed by atoms with E-state index in [4.69, 9.17) is 9.57 Å². The van der Waals surface area contributed by atoms with E-state index in [2.05, 4.69) is 0 Å². The summed E-state index contributed by atoms with van der Waals surface area (Å²) in [5.74, 6) is -0.616. The molecule has 0 N–H and O–H groups in total. The molecule has 3 rings (SSSR count). The van der Waals surface area contributed by atoms with E-state index in [-0.39, 0.29) is 11.9 Å². The molecule has 2 fully saturated rings. The average Bonchev–Trinajstić information content (AvgIpc) is 2.64. The maximum atomic E-state index is 12.8. The van der Waals surface area contributed by atoms with Gasteiger partial charge in [-0.3, -0.25) is 4.79 Å². The molecule has 152 valence electrons. The molecular weight excluding hydrogens is 362 g/mol. The lowest BCUT2D eigenvalue weighted by atomic mass is 10.1. The van der Waals surface area contributed by atoms with Gasteiger partial charge in [-0.25, -0.2) is 9.59 Å². The van der Waals surface area contributed by atoms with Crippen molar-refractivity contribution in [1.29, 1.82) is 0 Å². The number of nitrogens with zero attached hydrogens (tertiary/aromatic N) is 3. The molecule has 8 heteroatoms. The van der Waals surface area contributed by atoms with Crippen LogP contribution in [-0.2, 0) is 14.4 Å². The third-order valence-electron chi connectivity index (χ3n) is 4.81. The van der Waals surface area contributed by atoms with Crippen molar-refractivity contribution in [1.82, 2.24) is 14.9 Å². The summed E-state index contributed by atoms with van der Waals surface area (Å²) in [4.78, 5) is 46.4. The number of benzene rings is 1. The summed E-state index contributed by atoms with van der Waals surface area (Å²) in [5.41, 5.74) is -0.161. The first-order chi connectivity index (χ1) is 13.2. The summed E-state index contributed by atoms with van der Waals surface area (Å²) < 4.78 is 5.44. The topological polar surface area (TPSA) is 79.4 Å². The second kappa shape index (κ2) is 7.79. The average molecular weight is 389 g/mol. The molecule has 2 saturated heterocycles. The van der Waals surface area contributed by atoms with Crippen LogP contribution in [-0.4, -0.2) is 76.7 Å². The lowest BCUT2D eigenvalue weighted by Gasteiger charge is -2.48. The Kier molecular flexibility index (Phi) is 5.60. The molecular formula is C20H27N3O5. The Labute approximate surface area is 164 Å². The minimum absolute atomic E-state index is 0.110. The summed E-state index contributed by atoms with van der Waals surface area (Å²) in [5, 5.41) is 1.41. The summed E-state index contributed by atoms with van der Waals surface area (Å²) in [6.45, 7) is 8.71. The number of carbonyl (C=O) groups excluding carboxylic acids is 3. The van der Waals surface area contributed by atoms with Crippen molar-refractivity contribution in [2.24, 2.45) is 0 Å². The summed E-state index contributed by atoms with van der Waals surface area (Å²) in [7, 11) is 0. The Balaban J connectivity index is 1.67. The van der Waals surface area contributed by atoms with Crippen molar-refractivity contribution in [2.75, 3.05) is 26.2 Å². The van der Waals surface area contributed by atoms with Crippen LogP contribution in [0.2, 0.25) is 0 Å². The molecule has 8 nitrogen and oxygen atoms in total. The Bertz CT molecular complexity index is 746. The first-order valence-corrected chi connectivity index (χ1v) is 9.48. The van der Waals surface area contributed by atoms with Crippen LogP contribution >= 0.6 is 0 Å². The van der Waals surface area contributed by atoms with E-state index < -0.39 is 23.7 Å². The van der Waals surface area contributed by atoms with Gasteiger partial charge in [0.15, 0.2) is 0 Å². The number of carbonyl (C=O) groups is 3. The molecule has 0 aromatic heterocycles. The van der Waals surface area contributed by atoms with Gasteiger partial charge in [0.25, 0.3) is 0 Å². The van der Waals surface area contributed by atoms with Crippen LogP contribution < -0.4 is 0 Å². The Morgan fingerprint density at radius 1 is 1.07 bits per heavy atom. The van der Waals surface area contributed by atoms with Crippen molar-refractivity contribution in [3.63, 3.8) is 0 Å². The van der Waals surface area contributed by atoms with Gasteiger partial charge in [0.2, 0.25) is 5.91 Å². The molecule has 1 aromatic carbocycles. The zero-order chi connectivity index (χ0) is 20.5. The van der Waals surface area contributed by atoms with Crippen molar-refractivity contribution in [3.8, 4) is 0 Å². The largest absolute Gasteiger partial charge is 0.444 e. The number of hydrogen-bond acceptors (Lipinski definition) is 6. The number of amides is 2. The van der Waals surface area contributed by atoms with Gasteiger partial charge in [0.05, 0.1) is 18.2 Å². The molecule has 0 spiro atoms. The molecule has 0 bridgehead atoms. The molecule has 2 aliphatic rings. The minimum atomic E-state index is -0.581. The van der Waals surface area contributed by atoms with Gasteiger partial charge >= 0.3 is 12.1 Å². The predicted octanol–water partition coefficient (Wildman–Crippen LogP) is 1.91. The lowest BCUT2D eigenvalue weighted by Crippen LogP contribution is -2.67. The smallest absolute Gasteiger partial charge is 0.410 e. The SMILES string of the molecule is C[C@H]1C(=O)N2CCN(C(=O)OC(C)(C)C)C[C@H]2CN1OC(=O)c1ccccc1. The van der Waals surface area contributed by atoms with Gasteiger partial charge in [-0.1, -0.05) is 18.2 Å². The molecule has 0 radical (unpaired) electrons. The monoisotopic (exact) mass is 389 g/mol. The molecule has 0 unspecified atom stereocenters. The number of piperazine rings is 2. The highest BCUT2D eigenvalue weighted by Gasteiger charge is 2.44. The van der Waals surface area contributed by atoms with E-state index in [1.165, 1.54) is 5.06 Å². The summed E-state index contributed by atoms with van der Waals surface area (Å²) in [6.07, 6.45) is -0.397. The Morgan fingerprint density at radius 3 is 2.39 bits per heavy atom. The predicted molar refractivity (Wildman–Crippen MR) is 101 cm³/mol. The van der Waals surface area contributed by atoms with Crippen LogP contribution in [0.15, 0.2) is 30.3 Å². The molecule has 28 heavy (non-hydrogen) atoms. The summed E-state index contributed by atoms with van der Waals surface area (Å²) in [6, 6.07) is 7.82. The molecule has 2 heterocycles. The third-order valence-corrected chi connectivity index (χ3v) is 4.81. The lowest BCUT2D eigenvalue weighted by molar-refractivity contribution is -0.191. The zero-order valence-electron chi connectivity index (χ0n) is 16.8. The Hall–Kier alpha value is -2.61. The molecule has 2 aliphatic heterocycles. The quantitative estimate of drug-likeness (QED) is 0.769. The van der Waals surface area contributed by atoms with Crippen LogP contribution in [0, 0.1) is 0 Å². The fraction of sp³-hybridized carbons (Fsp3) is 0.550. The molecule has 2 atom stereocenters. The molecule has 0 saturated carbocycles. The van der Waals surface area contributed by atoms with E-state index in [1.54, 1.807) is 41.0 Å². The normalized spacial score (nSPS) is 23.2. The number of hydrogen-bond donors (Lipinski definition) is 0. The second-order valence-electron chi connectivity index (χ2n) is 8.13. The van der Waals surface area contributed by atoms with E-state index >= 15 is 0 Å². The molecule has 1 aromatic rings. The van der Waals surface area contributed by atoms with E-state index in [0.29, 0.717) is 31.7 Å². The number of fused-ring (bicyclic) bond motifs is 1. The second-order valence-corrected chi connectivity index (χ2v) is 8.13. The number of rotatable bonds is 2. The van der Waals surface area contributed by atoms with E-state index in [9.17, 15) is 14.4 Å². The first kappa shape index (κ1) is 20.1. The molecule has 0 aliphatic carbocycles. The fourth-order valence-corrected chi connectivity index (χ4v) is 3.37. The third kappa shape index (κ3) is 4.44. The summed E-state index contributed by atoms with van der Waals surface area (Å²) >= 11 is 0. The van der Waals surface area contributed by atoms with Crippen LogP contribution in [0.3, 0.4) is 0 Å². The van der Waals surface area contributed by atoms with Gasteiger partial charge in [0.1, 0.15) is 11.6 Å². The van der Waals surface area contributed by atoms with Gasteiger partial charge in [-0.05, 0) is 39.8 Å². The van der Waals surface area contributed by atoms with E-state index in [1.807, 2.05) is 26.8 Å². The van der Waals surface area contributed by atoms with Crippen molar-refractivity contribution in [2.45, 2.75) is 45.4 Å². The first-order valence-electron chi connectivity index (χ1n) is 9.48. The van der Waals surface area contributed by atoms with Crippen LogP contribution in [0.1, 0.15) is 38.1 Å². The van der Waals surface area contributed by atoms with Crippen molar-refractivity contribution < 1.29 is 24.0 Å². The maximum Gasteiger partial charge on any atom is 0.410 e. The van der Waals surface area contributed by atoms with Gasteiger partial charge in [0, 0.05) is 19.6 Å². The zero-order valence-corrected chi connectivity index (χ0v) is 16.8.